The fourth-order valence-corrected chi connectivity index (χ4v) is 4.70. The summed E-state index contributed by atoms with van der Waals surface area (Å²) in [5.41, 5.74) is 2.34. The van der Waals surface area contributed by atoms with Crippen LogP contribution in [0.4, 0.5) is 5.69 Å². The number of amides is 1. The lowest BCUT2D eigenvalue weighted by atomic mass is 10.1. The molecule has 29 heavy (non-hydrogen) atoms. The first kappa shape index (κ1) is 21.5. The molecule has 1 saturated heterocycles. The maximum atomic E-state index is 12.5. The summed E-state index contributed by atoms with van der Waals surface area (Å²) in [6.07, 6.45) is 12.7. The van der Waals surface area contributed by atoms with E-state index in [0.717, 1.165) is 29.8 Å². The normalized spacial score (nSPS) is 16.8. The largest absolute Gasteiger partial charge is 0.306 e. The molecular formula is C25H31NO2S. The van der Waals surface area contributed by atoms with Crippen molar-refractivity contribution in [3.8, 4) is 0 Å². The summed E-state index contributed by atoms with van der Waals surface area (Å²) in [6.45, 7) is 3.83. The van der Waals surface area contributed by atoms with Crippen LogP contribution in [-0.4, -0.2) is 17.7 Å². The Kier molecular flexibility index (Phi) is 7.82. The van der Waals surface area contributed by atoms with Gasteiger partial charge in [0.2, 0.25) is 5.91 Å². The van der Waals surface area contributed by atoms with Crippen LogP contribution in [0.25, 0.3) is 0 Å². The molecule has 0 spiro atoms. The summed E-state index contributed by atoms with van der Waals surface area (Å²) in [6, 6.07) is 12.6. The summed E-state index contributed by atoms with van der Waals surface area (Å²) in [5, 5.41) is 0. The third kappa shape index (κ3) is 5.89. The molecule has 0 radical (unpaired) electrons. The van der Waals surface area contributed by atoms with Gasteiger partial charge in [0.1, 0.15) is 0 Å². The average molecular weight is 410 g/mol. The fourth-order valence-electron chi connectivity index (χ4n) is 3.82. The molecule has 0 saturated carbocycles. The number of thiophene rings is 1. The standard InChI is InChI=1S/C25H31NO2S/c1-3-4-5-6-8-20-11-13-22(14-12-20)26-21(15-18-25(26)28)9-7-10-23-16-17-24(29-23)19(2)27/h7,9,11-14,16-17,21H,3-6,8,10,15,18H2,1-2H3/b9-7-/t21-/m0/s1. The van der Waals surface area contributed by atoms with E-state index in [1.54, 1.807) is 18.3 Å². The van der Waals surface area contributed by atoms with Gasteiger partial charge in [-0.25, -0.2) is 0 Å². The predicted octanol–water partition coefficient (Wildman–Crippen LogP) is 6.37. The number of carbonyl (C=O) groups is 2. The van der Waals surface area contributed by atoms with Crippen molar-refractivity contribution in [1.82, 2.24) is 0 Å². The second kappa shape index (κ2) is 10.5. The minimum absolute atomic E-state index is 0.116. The van der Waals surface area contributed by atoms with E-state index in [9.17, 15) is 9.59 Å². The predicted molar refractivity (Wildman–Crippen MR) is 122 cm³/mol. The molecule has 0 aliphatic carbocycles. The van der Waals surface area contributed by atoms with Crippen LogP contribution in [0.3, 0.4) is 0 Å². The van der Waals surface area contributed by atoms with Crippen molar-refractivity contribution in [3.05, 3.63) is 63.9 Å². The molecule has 0 unspecified atom stereocenters. The molecule has 0 bridgehead atoms. The van der Waals surface area contributed by atoms with Crippen molar-refractivity contribution in [2.24, 2.45) is 0 Å². The minimum atomic E-state index is 0.116. The first-order valence-corrected chi connectivity index (χ1v) is 11.6. The molecule has 3 rings (SSSR count). The van der Waals surface area contributed by atoms with Gasteiger partial charge in [-0.2, -0.15) is 0 Å². The summed E-state index contributed by atoms with van der Waals surface area (Å²) < 4.78 is 0. The van der Waals surface area contributed by atoms with E-state index in [-0.39, 0.29) is 17.7 Å². The fraction of sp³-hybridized carbons (Fsp3) is 0.440. The third-order valence-electron chi connectivity index (χ3n) is 5.47. The Morgan fingerprint density at radius 2 is 1.93 bits per heavy atom. The number of unbranched alkanes of at least 4 members (excludes halogenated alkanes) is 3. The van der Waals surface area contributed by atoms with E-state index in [1.165, 1.54) is 36.1 Å². The first-order valence-electron chi connectivity index (χ1n) is 10.8. The Labute approximate surface area is 178 Å². The van der Waals surface area contributed by atoms with Crippen molar-refractivity contribution in [2.75, 3.05) is 4.90 Å². The molecule has 0 N–H and O–H groups in total. The molecule has 1 aliphatic rings. The van der Waals surface area contributed by atoms with Gasteiger partial charge in [0.25, 0.3) is 0 Å². The van der Waals surface area contributed by atoms with Crippen molar-refractivity contribution < 1.29 is 9.59 Å². The number of rotatable bonds is 10. The van der Waals surface area contributed by atoms with Gasteiger partial charge in [-0.1, -0.05) is 50.5 Å². The van der Waals surface area contributed by atoms with Crippen LogP contribution in [0.5, 0.6) is 0 Å². The second-order valence-electron chi connectivity index (χ2n) is 7.80. The SMILES string of the molecule is CCCCCCc1ccc(N2C(=O)CC[C@@H]2/C=C\Cc2ccc(C(C)=O)s2)cc1. The number of hydrogen-bond donors (Lipinski definition) is 0. The highest BCUT2D eigenvalue weighted by Crippen LogP contribution is 2.28. The highest BCUT2D eigenvalue weighted by molar-refractivity contribution is 7.14. The lowest BCUT2D eigenvalue weighted by Gasteiger charge is -2.23. The summed E-state index contributed by atoms with van der Waals surface area (Å²) in [5.74, 6) is 0.317. The van der Waals surface area contributed by atoms with Gasteiger partial charge in [-0.15, -0.1) is 11.3 Å². The van der Waals surface area contributed by atoms with Crippen LogP contribution in [0, 0.1) is 0 Å². The molecular weight excluding hydrogens is 378 g/mol. The number of ketones is 1. The molecule has 2 aromatic rings. The van der Waals surface area contributed by atoms with Crippen molar-refractivity contribution in [3.63, 3.8) is 0 Å². The van der Waals surface area contributed by atoms with Crippen molar-refractivity contribution in [1.29, 1.82) is 0 Å². The maximum absolute atomic E-state index is 12.5. The van der Waals surface area contributed by atoms with Gasteiger partial charge in [0.15, 0.2) is 5.78 Å². The van der Waals surface area contributed by atoms with E-state index in [0.29, 0.717) is 6.42 Å². The number of Topliss-reactive ketones (excluding diaryl/α,β-unsaturated/α-hetero) is 1. The summed E-state index contributed by atoms with van der Waals surface area (Å²) in [4.78, 5) is 27.8. The molecule has 1 amide bonds. The number of nitrogens with zero attached hydrogens (tertiary/aromatic N) is 1. The Hall–Kier alpha value is -2.20. The number of anilines is 1. The zero-order valence-electron chi connectivity index (χ0n) is 17.5. The van der Waals surface area contributed by atoms with Gasteiger partial charge in [-0.05, 0) is 62.4 Å². The lowest BCUT2D eigenvalue weighted by molar-refractivity contribution is -0.117. The Morgan fingerprint density at radius 1 is 1.14 bits per heavy atom. The molecule has 2 heterocycles. The molecule has 3 nitrogen and oxygen atoms in total. The molecule has 1 aliphatic heterocycles. The van der Waals surface area contributed by atoms with Crippen LogP contribution >= 0.6 is 11.3 Å². The Bertz CT molecular complexity index is 850. The lowest BCUT2D eigenvalue weighted by Crippen LogP contribution is -2.31. The van der Waals surface area contributed by atoms with Gasteiger partial charge < -0.3 is 4.90 Å². The molecule has 1 aromatic heterocycles. The smallest absolute Gasteiger partial charge is 0.227 e. The number of aryl methyl sites for hydroxylation is 1. The average Bonchev–Trinajstić information content (AvgIpc) is 3.33. The van der Waals surface area contributed by atoms with Crippen molar-refractivity contribution in [2.45, 2.75) is 71.3 Å². The highest BCUT2D eigenvalue weighted by Gasteiger charge is 2.30. The monoisotopic (exact) mass is 409 g/mol. The molecule has 4 heteroatoms. The zero-order valence-corrected chi connectivity index (χ0v) is 18.3. The van der Waals surface area contributed by atoms with Crippen LogP contribution in [0.15, 0.2) is 48.6 Å². The van der Waals surface area contributed by atoms with Crippen LogP contribution in [-0.2, 0) is 17.6 Å². The first-order chi connectivity index (χ1) is 14.1. The zero-order chi connectivity index (χ0) is 20.6. The molecule has 1 fully saturated rings. The summed E-state index contributed by atoms with van der Waals surface area (Å²) in [7, 11) is 0. The number of benzene rings is 1. The Morgan fingerprint density at radius 3 is 2.62 bits per heavy atom. The van der Waals surface area contributed by atoms with Crippen molar-refractivity contribution >= 4 is 28.7 Å². The van der Waals surface area contributed by atoms with E-state index in [4.69, 9.17) is 0 Å². The van der Waals surface area contributed by atoms with E-state index in [2.05, 4.69) is 43.3 Å². The van der Waals surface area contributed by atoms with Crippen LogP contribution in [0.2, 0.25) is 0 Å². The second-order valence-corrected chi connectivity index (χ2v) is 8.97. The van der Waals surface area contributed by atoms with Gasteiger partial charge in [0, 0.05) is 17.0 Å². The third-order valence-corrected chi connectivity index (χ3v) is 6.68. The molecule has 1 aromatic carbocycles. The number of hydrogen-bond acceptors (Lipinski definition) is 3. The molecule has 154 valence electrons. The quantitative estimate of drug-likeness (QED) is 0.260. The minimum Gasteiger partial charge on any atom is -0.306 e. The Balaban J connectivity index is 1.59. The van der Waals surface area contributed by atoms with E-state index < -0.39 is 0 Å². The van der Waals surface area contributed by atoms with E-state index in [1.807, 2.05) is 17.0 Å². The van der Waals surface area contributed by atoms with Crippen LogP contribution < -0.4 is 4.90 Å². The van der Waals surface area contributed by atoms with Gasteiger partial charge in [0.05, 0.1) is 10.9 Å². The van der Waals surface area contributed by atoms with Gasteiger partial charge in [-0.3, -0.25) is 9.59 Å². The topological polar surface area (TPSA) is 37.4 Å². The van der Waals surface area contributed by atoms with E-state index >= 15 is 0 Å². The number of carbonyl (C=O) groups excluding carboxylic acids is 2. The molecule has 1 atom stereocenters. The summed E-state index contributed by atoms with van der Waals surface area (Å²) >= 11 is 1.55. The maximum Gasteiger partial charge on any atom is 0.227 e. The van der Waals surface area contributed by atoms with Gasteiger partial charge >= 0.3 is 0 Å². The highest BCUT2D eigenvalue weighted by atomic mass is 32.1. The number of allylic oxidation sites excluding steroid dienone is 1. The van der Waals surface area contributed by atoms with Crippen LogP contribution in [0.1, 0.15) is 72.5 Å².